The highest BCUT2D eigenvalue weighted by Crippen LogP contribution is 2.27. The predicted molar refractivity (Wildman–Crippen MR) is 90.7 cm³/mol. The predicted octanol–water partition coefficient (Wildman–Crippen LogP) is 3.77. The Morgan fingerprint density at radius 3 is 2.61 bits per heavy atom. The van der Waals surface area contributed by atoms with Crippen LogP contribution in [0, 0.1) is 5.92 Å². The average molecular weight is 358 g/mol. The smallest absolute Gasteiger partial charge is 0.328 e. The third-order valence-electron chi connectivity index (χ3n) is 4.21. The number of nitrogens with one attached hydrogen (secondary N) is 1. The van der Waals surface area contributed by atoms with Crippen LogP contribution in [0.25, 0.3) is 0 Å². The summed E-state index contributed by atoms with van der Waals surface area (Å²) in [4.78, 5) is 24.1. The molecule has 0 heterocycles. The van der Waals surface area contributed by atoms with Gasteiger partial charge in [-0.05, 0) is 36.5 Å². The first-order chi connectivity index (χ1) is 11.0. The van der Waals surface area contributed by atoms with Crippen LogP contribution < -0.4 is 5.32 Å². The molecule has 4 nitrogen and oxygen atoms in total. The van der Waals surface area contributed by atoms with Gasteiger partial charge in [0.1, 0.15) is 6.04 Å². The zero-order valence-electron chi connectivity index (χ0n) is 13.1. The molecule has 0 spiro atoms. The van der Waals surface area contributed by atoms with Crippen molar-refractivity contribution in [2.75, 3.05) is 7.11 Å². The quantitative estimate of drug-likeness (QED) is 0.788. The van der Waals surface area contributed by atoms with E-state index in [1.54, 1.807) is 18.2 Å². The molecule has 1 amide bonds. The van der Waals surface area contributed by atoms with Gasteiger partial charge in [0, 0.05) is 22.9 Å². The Labute approximate surface area is 146 Å². The number of esters is 1. The van der Waals surface area contributed by atoms with Gasteiger partial charge in [-0.15, -0.1) is 0 Å². The van der Waals surface area contributed by atoms with Gasteiger partial charge in [-0.25, -0.2) is 4.79 Å². The van der Waals surface area contributed by atoms with Crippen LogP contribution in [0.4, 0.5) is 0 Å². The second-order valence-corrected chi connectivity index (χ2v) is 6.78. The molecular formula is C17H21Cl2NO3. The zero-order chi connectivity index (χ0) is 16.8. The SMILES string of the molecule is COC(=O)[C@@H](Cc1ccc(Cl)cc1Cl)NC(=O)CC1CCCC1. The number of carbonyl (C=O) groups is 2. The lowest BCUT2D eigenvalue weighted by molar-refractivity contribution is -0.145. The van der Waals surface area contributed by atoms with Gasteiger partial charge in [0.25, 0.3) is 0 Å². The molecule has 6 heteroatoms. The van der Waals surface area contributed by atoms with Crippen molar-refractivity contribution in [2.45, 2.75) is 44.6 Å². The fraction of sp³-hybridized carbons (Fsp3) is 0.529. The van der Waals surface area contributed by atoms with Gasteiger partial charge < -0.3 is 10.1 Å². The summed E-state index contributed by atoms with van der Waals surface area (Å²) in [5.41, 5.74) is 0.743. The largest absolute Gasteiger partial charge is 0.467 e. The van der Waals surface area contributed by atoms with Crippen molar-refractivity contribution < 1.29 is 14.3 Å². The van der Waals surface area contributed by atoms with E-state index in [0.717, 1.165) is 18.4 Å². The molecule has 1 aliphatic carbocycles. The van der Waals surface area contributed by atoms with Crippen molar-refractivity contribution in [3.05, 3.63) is 33.8 Å². The molecule has 0 bridgehead atoms. The van der Waals surface area contributed by atoms with Crippen LogP contribution in [0.15, 0.2) is 18.2 Å². The second-order valence-electron chi connectivity index (χ2n) is 5.94. The number of methoxy groups -OCH3 is 1. The molecule has 2 rings (SSSR count). The van der Waals surface area contributed by atoms with Crippen molar-refractivity contribution in [2.24, 2.45) is 5.92 Å². The molecule has 0 aromatic heterocycles. The summed E-state index contributed by atoms with van der Waals surface area (Å²) in [6.45, 7) is 0. The normalized spacial score (nSPS) is 16.1. The van der Waals surface area contributed by atoms with Crippen molar-refractivity contribution in [3.63, 3.8) is 0 Å². The molecule has 0 radical (unpaired) electrons. The van der Waals surface area contributed by atoms with E-state index in [1.807, 2.05) is 0 Å². The molecular weight excluding hydrogens is 337 g/mol. The maximum absolute atomic E-state index is 12.2. The molecule has 126 valence electrons. The van der Waals surface area contributed by atoms with Gasteiger partial charge in [-0.2, -0.15) is 0 Å². The first kappa shape index (κ1) is 18.1. The van der Waals surface area contributed by atoms with Gasteiger partial charge >= 0.3 is 5.97 Å². The Morgan fingerprint density at radius 1 is 1.30 bits per heavy atom. The van der Waals surface area contributed by atoms with Crippen LogP contribution in [0.3, 0.4) is 0 Å². The van der Waals surface area contributed by atoms with Crippen LogP contribution in [-0.4, -0.2) is 25.0 Å². The van der Waals surface area contributed by atoms with Crippen molar-refractivity contribution >= 4 is 35.1 Å². The van der Waals surface area contributed by atoms with Gasteiger partial charge in [-0.1, -0.05) is 42.1 Å². The Hall–Kier alpha value is -1.26. The first-order valence-electron chi connectivity index (χ1n) is 7.80. The van der Waals surface area contributed by atoms with Crippen LogP contribution >= 0.6 is 23.2 Å². The summed E-state index contributed by atoms with van der Waals surface area (Å²) in [7, 11) is 1.31. The van der Waals surface area contributed by atoms with Gasteiger partial charge in [0.2, 0.25) is 5.91 Å². The monoisotopic (exact) mass is 357 g/mol. The fourth-order valence-electron chi connectivity index (χ4n) is 2.97. The summed E-state index contributed by atoms with van der Waals surface area (Å²) in [5.74, 6) is -0.166. The van der Waals surface area contributed by atoms with Crippen molar-refractivity contribution in [1.29, 1.82) is 0 Å². The van der Waals surface area contributed by atoms with E-state index >= 15 is 0 Å². The molecule has 1 fully saturated rings. The van der Waals surface area contributed by atoms with Crippen LogP contribution in [0.1, 0.15) is 37.7 Å². The van der Waals surface area contributed by atoms with E-state index in [1.165, 1.54) is 20.0 Å². The number of carbonyl (C=O) groups excluding carboxylic acids is 2. The average Bonchev–Trinajstić information content (AvgIpc) is 3.01. The summed E-state index contributed by atoms with van der Waals surface area (Å²) in [5, 5.41) is 3.78. The number of rotatable bonds is 6. The van der Waals surface area contributed by atoms with Gasteiger partial charge in [0.15, 0.2) is 0 Å². The highest BCUT2D eigenvalue weighted by atomic mass is 35.5. The van der Waals surface area contributed by atoms with E-state index in [-0.39, 0.29) is 12.3 Å². The lowest BCUT2D eigenvalue weighted by atomic mass is 10.0. The zero-order valence-corrected chi connectivity index (χ0v) is 14.6. The van der Waals surface area contributed by atoms with E-state index in [4.69, 9.17) is 27.9 Å². The van der Waals surface area contributed by atoms with E-state index < -0.39 is 12.0 Å². The number of hydrogen-bond acceptors (Lipinski definition) is 3. The molecule has 23 heavy (non-hydrogen) atoms. The number of ether oxygens (including phenoxy) is 1. The molecule has 0 saturated heterocycles. The Morgan fingerprint density at radius 2 is 2.00 bits per heavy atom. The second kappa shape index (κ2) is 8.55. The van der Waals surface area contributed by atoms with Crippen LogP contribution in [-0.2, 0) is 20.7 Å². The summed E-state index contributed by atoms with van der Waals surface area (Å²) < 4.78 is 4.80. The molecule has 0 aliphatic heterocycles. The Kier molecular flexibility index (Phi) is 6.72. The fourth-order valence-corrected chi connectivity index (χ4v) is 3.46. The maximum atomic E-state index is 12.2. The number of halogens is 2. The minimum absolute atomic E-state index is 0.114. The first-order valence-corrected chi connectivity index (χ1v) is 8.56. The maximum Gasteiger partial charge on any atom is 0.328 e. The number of hydrogen-bond donors (Lipinski definition) is 1. The van der Waals surface area contributed by atoms with Crippen molar-refractivity contribution in [1.82, 2.24) is 5.32 Å². The summed E-state index contributed by atoms with van der Waals surface area (Å²) >= 11 is 12.0. The van der Waals surface area contributed by atoms with Crippen molar-refractivity contribution in [3.8, 4) is 0 Å². The summed E-state index contributed by atoms with van der Waals surface area (Å²) in [6, 6.07) is 4.33. The minimum atomic E-state index is -0.743. The lowest BCUT2D eigenvalue weighted by Crippen LogP contribution is -2.43. The number of amides is 1. The third-order valence-corrected chi connectivity index (χ3v) is 4.80. The van der Waals surface area contributed by atoms with Crippen LogP contribution in [0.5, 0.6) is 0 Å². The third kappa shape index (κ3) is 5.40. The Balaban J connectivity index is 2.01. The molecule has 1 aromatic carbocycles. The van der Waals surface area contributed by atoms with Crippen LogP contribution in [0.2, 0.25) is 10.0 Å². The number of benzene rings is 1. The molecule has 1 aliphatic rings. The van der Waals surface area contributed by atoms with E-state index in [9.17, 15) is 9.59 Å². The molecule has 1 N–H and O–H groups in total. The van der Waals surface area contributed by atoms with Gasteiger partial charge in [-0.3, -0.25) is 4.79 Å². The molecule has 1 aromatic rings. The van der Waals surface area contributed by atoms with E-state index in [0.29, 0.717) is 22.4 Å². The highest BCUT2D eigenvalue weighted by molar-refractivity contribution is 6.35. The topological polar surface area (TPSA) is 55.4 Å². The standard InChI is InChI=1S/C17H21Cl2NO3/c1-23-17(22)15(9-12-6-7-13(18)10-14(12)19)20-16(21)8-11-4-2-3-5-11/h6-7,10-11,15H,2-5,8-9H2,1H3,(H,20,21)/t15-/m1/s1. The molecule has 1 saturated carbocycles. The molecule has 1 atom stereocenters. The Bertz CT molecular complexity index is 571. The minimum Gasteiger partial charge on any atom is -0.467 e. The lowest BCUT2D eigenvalue weighted by Gasteiger charge is -2.18. The molecule has 0 unspecified atom stereocenters. The highest BCUT2D eigenvalue weighted by Gasteiger charge is 2.25. The van der Waals surface area contributed by atoms with Gasteiger partial charge in [0.05, 0.1) is 7.11 Å². The van der Waals surface area contributed by atoms with E-state index in [2.05, 4.69) is 5.32 Å². The summed E-state index contributed by atoms with van der Waals surface area (Å²) in [6.07, 6.45) is 5.26.